The molecule has 5 nitrogen and oxygen atoms in total. The molecule has 9 heteroatoms. The highest BCUT2D eigenvalue weighted by Gasteiger charge is 2.34. The van der Waals surface area contributed by atoms with Gasteiger partial charge < -0.3 is 10.6 Å². The minimum atomic E-state index is -4.44. The fraction of sp³-hybridized carbons (Fsp3) is 0.381. The molecule has 1 aliphatic heterocycles. The van der Waals surface area contributed by atoms with Gasteiger partial charge in [-0.05, 0) is 42.4 Å². The molecule has 0 amide bonds. The first kappa shape index (κ1) is 22.3. The average Bonchev–Trinajstić information content (AvgIpc) is 2.73. The van der Waals surface area contributed by atoms with Crippen LogP contribution in [-0.4, -0.2) is 36.2 Å². The van der Waals surface area contributed by atoms with Gasteiger partial charge in [0.15, 0.2) is 5.11 Å². The van der Waals surface area contributed by atoms with Gasteiger partial charge in [0.2, 0.25) is 0 Å². The maximum atomic E-state index is 13.6. The van der Waals surface area contributed by atoms with Gasteiger partial charge in [-0.2, -0.15) is 13.2 Å². The molecular formula is C21H26F3N5S. The third-order valence-corrected chi connectivity index (χ3v) is 5.50. The van der Waals surface area contributed by atoms with Crippen LogP contribution in [0.2, 0.25) is 0 Å². The lowest BCUT2D eigenvalue weighted by atomic mass is 10.0. The van der Waals surface area contributed by atoms with E-state index in [0.29, 0.717) is 18.8 Å². The van der Waals surface area contributed by atoms with Crippen molar-refractivity contribution in [1.29, 1.82) is 0 Å². The number of thiocarbonyl (C=S) groups is 1. The molecule has 162 valence electrons. The summed E-state index contributed by atoms with van der Waals surface area (Å²) in [7, 11) is 0. The van der Waals surface area contributed by atoms with Crippen LogP contribution in [0, 0.1) is 0 Å². The van der Waals surface area contributed by atoms with Crippen LogP contribution < -0.4 is 21.5 Å². The molecule has 1 atom stereocenters. The standard InChI is InChI=1S/C21H26F3N5S/c1-15(16-5-3-2-4-6-16)28-9-11-29(12-10-28)18-8-7-17(14-26-27-20(25)30)19(13-18)21(22,23)24/h2-8,13,15,26H,9-12,14H2,1H3,(H3,25,27,30). The number of nitrogens with zero attached hydrogens (tertiary/aromatic N) is 2. The van der Waals surface area contributed by atoms with Gasteiger partial charge in [0.1, 0.15) is 0 Å². The molecule has 0 spiro atoms. The fourth-order valence-electron chi connectivity index (χ4n) is 3.72. The van der Waals surface area contributed by atoms with Crippen molar-refractivity contribution in [1.82, 2.24) is 15.8 Å². The summed E-state index contributed by atoms with van der Waals surface area (Å²) < 4.78 is 40.8. The lowest BCUT2D eigenvalue weighted by Gasteiger charge is -2.39. The number of anilines is 1. The number of nitrogens with two attached hydrogens (primary N) is 1. The van der Waals surface area contributed by atoms with Gasteiger partial charge in [-0.3, -0.25) is 10.3 Å². The van der Waals surface area contributed by atoms with Crippen molar-refractivity contribution in [2.75, 3.05) is 31.1 Å². The molecule has 3 rings (SSSR count). The van der Waals surface area contributed by atoms with Gasteiger partial charge in [0.05, 0.1) is 5.56 Å². The Morgan fingerprint density at radius 3 is 2.37 bits per heavy atom. The van der Waals surface area contributed by atoms with Crippen molar-refractivity contribution in [2.45, 2.75) is 25.7 Å². The number of alkyl halides is 3. The quantitative estimate of drug-likeness (QED) is 0.476. The Kier molecular flexibility index (Phi) is 7.17. The second-order valence-electron chi connectivity index (χ2n) is 7.29. The number of rotatable bonds is 6. The molecule has 1 fully saturated rings. The summed E-state index contributed by atoms with van der Waals surface area (Å²) >= 11 is 4.65. The lowest BCUT2D eigenvalue weighted by Crippen LogP contribution is -2.47. The van der Waals surface area contributed by atoms with E-state index < -0.39 is 11.7 Å². The normalized spacial score (nSPS) is 16.3. The highest BCUT2D eigenvalue weighted by molar-refractivity contribution is 7.80. The van der Waals surface area contributed by atoms with Crippen molar-refractivity contribution in [3.05, 3.63) is 65.2 Å². The SMILES string of the molecule is CC(c1ccccc1)N1CCN(c2ccc(CNNC(N)=S)c(C(F)(F)F)c2)CC1. The van der Waals surface area contributed by atoms with Crippen LogP contribution >= 0.6 is 12.2 Å². The van der Waals surface area contributed by atoms with E-state index in [0.717, 1.165) is 13.1 Å². The van der Waals surface area contributed by atoms with E-state index in [1.165, 1.54) is 17.7 Å². The third kappa shape index (κ3) is 5.62. The van der Waals surface area contributed by atoms with Crippen LogP contribution in [0.1, 0.15) is 29.7 Å². The predicted octanol–water partition coefficient (Wildman–Crippen LogP) is 3.43. The topological polar surface area (TPSA) is 56.6 Å². The zero-order valence-electron chi connectivity index (χ0n) is 16.7. The van der Waals surface area contributed by atoms with Gasteiger partial charge in [-0.1, -0.05) is 36.4 Å². The summed E-state index contributed by atoms with van der Waals surface area (Å²) in [5, 5.41) is -0.0252. The van der Waals surface area contributed by atoms with Crippen LogP contribution in [0.3, 0.4) is 0 Å². The maximum absolute atomic E-state index is 13.6. The number of halogens is 3. The molecule has 0 aromatic heterocycles. The van der Waals surface area contributed by atoms with Crippen molar-refractivity contribution < 1.29 is 13.2 Å². The molecule has 1 aliphatic rings. The second-order valence-corrected chi connectivity index (χ2v) is 7.73. The maximum Gasteiger partial charge on any atom is 0.416 e. The predicted molar refractivity (Wildman–Crippen MR) is 117 cm³/mol. The van der Waals surface area contributed by atoms with Gasteiger partial charge in [-0.15, -0.1) is 0 Å². The number of hydrogen-bond acceptors (Lipinski definition) is 4. The van der Waals surface area contributed by atoms with E-state index in [9.17, 15) is 13.2 Å². The number of piperazine rings is 1. The van der Waals surface area contributed by atoms with E-state index in [2.05, 4.69) is 47.0 Å². The van der Waals surface area contributed by atoms with Crippen molar-refractivity contribution in [2.24, 2.45) is 5.73 Å². The average molecular weight is 438 g/mol. The van der Waals surface area contributed by atoms with Crippen molar-refractivity contribution >= 4 is 23.0 Å². The van der Waals surface area contributed by atoms with Crippen molar-refractivity contribution in [3.8, 4) is 0 Å². The molecule has 1 unspecified atom stereocenters. The minimum Gasteiger partial charge on any atom is -0.375 e. The van der Waals surface area contributed by atoms with E-state index in [1.807, 2.05) is 23.1 Å². The van der Waals surface area contributed by atoms with Crippen molar-refractivity contribution in [3.63, 3.8) is 0 Å². The zero-order chi connectivity index (χ0) is 21.7. The number of benzene rings is 2. The molecule has 2 aromatic rings. The third-order valence-electron chi connectivity index (χ3n) is 5.40. The van der Waals surface area contributed by atoms with E-state index in [1.54, 1.807) is 6.07 Å². The first-order valence-electron chi connectivity index (χ1n) is 9.78. The fourth-order valence-corrected chi connectivity index (χ4v) is 3.79. The Bertz CT molecular complexity index is 851. The Labute approximate surface area is 180 Å². The summed E-state index contributed by atoms with van der Waals surface area (Å²) in [6, 6.07) is 15.0. The van der Waals surface area contributed by atoms with E-state index >= 15 is 0 Å². The highest BCUT2D eigenvalue weighted by Crippen LogP contribution is 2.35. The Morgan fingerprint density at radius 1 is 1.10 bits per heavy atom. The Morgan fingerprint density at radius 2 is 1.77 bits per heavy atom. The van der Waals surface area contributed by atoms with Crippen LogP contribution in [0.5, 0.6) is 0 Å². The van der Waals surface area contributed by atoms with E-state index in [-0.39, 0.29) is 23.3 Å². The molecule has 0 saturated carbocycles. The number of hydrogen-bond donors (Lipinski definition) is 3. The summed E-state index contributed by atoms with van der Waals surface area (Å²) in [4.78, 5) is 4.37. The van der Waals surface area contributed by atoms with Crippen LogP contribution in [0.15, 0.2) is 48.5 Å². The summed E-state index contributed by atoms with van der Waals surface area (Å²) in [5.74, 6) is 0. The van der Waals surface area contributed by atoms with Crippen LogP contribution in [0.25, 0.3) is 0 Å². The second kappa shape index (κ2) is 9.63. The Balaban J connectivity index is 1.68. The minimum absolute atomic E-state index is 0.0252. The largest absolute Gasteiger partial charge is 0.416 e. The van der Waals surface area contributed by atoms with Gasteiger partial charge in [0.25, 0.3) is 0 Å². The van der Waals surface area contributed by atoms with Gasteiger partial charge >= 0.3 is 6.18 Å². The first-order valence-corrected chi connectivity index (χ1v) is 10.2. The zero-order valence-corrected chi connectivity index (χ0v) is 17.6. The molecule has 2 aromatic carbocycles. The Hall–Kier alpha value is -2.36. The lowest BCUT2D eigenvalue weighted by molar-refractivity contribution is -0.138. The van der Waals surface area contributed by atoms with Crippen LogP contribution in [0.4, 0.5) is 18.9 Å². The molecule has 0 aliphatic carbocycles. The summed E-state index contributed by atoms with van der Waals surface area (Å²) in [6.45, 7) is 5.05. The molecule has 4 N–H and O–H groups in total. The number of hydrazine groups is 1. The molecule has 0 radical (unpaired) electrons. The van der Waals surface area contributed by atoms with Gasteiger partial charge in [-0.25, -0.2) is 5.43 Å². The highest BCUT2D eigenvalue weighted by atomic mass is 32.1. The smallest absolute Gasteiger partial charge is 0.375 e. The molecule has 1 saturated heterocycles. The van der Waals surface area contributed by atoms with Gasteiger partial charge in [0, 0.05) is 44.5 Å². The van der Waals surface area contributed by atoms with E-state index in [4.69, 9.17) is 5.73 Å². The molecular weight excluding hydrogens is 411 g/mol. The molecule has 0 bridgehead atoms. The first-order chi connectivity index (χ1) is 14.3. The summed E-state index contributed by atoms with van der Waals surface area (Å²) in [5.41, 5.74) is 11.7. The molecule has 1 heterocycles. The monoisotopic (exact) mass is 437 g/mol. The summed E-state index contributed by atoms with van der Waals surface area (Å²) in [6.07, 6.45) is -4.44. The number of nitrogens with one attached hydrogen (secondary N) is 2. The molecule has 30 heavy (non-hydrogen) atoms. The van der Waals surface area contributed by atoms with Crippen LogP contribution in [-0.2, 0) is 12.7 Å².